The number of hydrogen-bond acceptors (Lipinski definition) is 3. The number of rotatable bonds is 7. The molecule has 0 aliphatic heterocycles. The van der Waals surface area contributed by atoms with Crippen LogP contribution in [0.1, 0.15) is 19.8 Å². The summed E-state index contributed by atoms with van der Waals surface area (Å²) >= 11 is 0. The fourth-order valence-electron chi connectivity index (χ4n) is 1.67. The zero-order valence-corrected chi connectivity index (χ0v) is 10.7. The third kappa shape index (κ3) is 5.21. The minimum Gasteiger partial charge on any atom is -0.435 e. The molecule has 4 nitrogen and oxygen atoms in total. The summed E-state index contributed by atoms with van der Waals surface area (Å²) in [5.74, 6) is -0.342. The van der Waals surface area contributed by atoms with E-state index in [-0.39, 0.29) is 24.1 Å². The highest BCUT2D eigenvalue weighted by Crippen LogP contribution is 2.18. The molecule has 1 amide bonds. The zero-order valence-electron chi connectivity index (χ0n) is 10.7. The first-order chi connectivity index (χ1) is 9.06. The number of benzene rings is 1. The van der Waals surface area contributed by atoms with Gasteiger partial charge >= 0.3 is 6.61 Å². The van der Waals surface area contributed by atoms with Crippen LogP contribution in [0.3, 0.4) is 0 Å². The van der Waals surface area contributed by atoms with Gasteiger partial charge in [-0.3, -0.25) is 4.79 Å². The van der Waals surface area contributed by atoms with Crippen molar-refractivity contribution < 1.29 is 18.3 Å². The molecule has 0 aliphatic carbocycles. The van der Waals surface area contributed by atoms with Crippen LogP contribution in [0.5, 0.6) is 5.75 Å². The van der Waals surface area contributed by atoms with Crippen molar-refractivity contribution in [3.63, 3.8) is 0 Å². The van der Waals surface area contributed by atoms with Crippen LogP contribution in [-0.4, -0.2) is 19.1 Å². The second kappa shape index (κ2) is 7.68. The fraction of sp³-hybridized carbons (Fsp3) is 0.462. The summed E-state index contributed by atoms with van der Waals surface area (Å²) in [5, 5.41) is 2.70. The van der Waals surface area contributed by atoms with Crippen molar-refractivity contribution >= 4 is 11.6 Å². The van der Waals surface area contributed by atoms with E-state index in [1.54, 1.807) is 0 Å². The monoisotopic (exact) mass is 272 g/mol. The number of carbonyl (C=O) groups is 1. The highest BCUT2D eigenvalue weighted by molar-refractivity contribution is 5.92. The number of amides is 1. The number of nitrogens with one attached hydrogen (secondary N) is 1. The second-order valence-electron chi connectivity index (χ2n) is 4.11. The van der Waals surface area contributed by atoms with Crippen molar-refractivity contribution in [2.75, 3.05) is 11.9 Å². The van der Waals surface area contributed by atoms with E-state index in [0.717, 1.165) is 12.8 Å². The Morgan fingerprint density at radius 1 is 1.37 bits per heavy atom. The summed E-state index contributed by atoms with van der Waals surface area (Å²) in [6.07, 6.45) is 1.59. The molecule has 3 N–H and O–H groups in total. The summed E-state index contributed by atoms with van der Waals surface area (Å²) in [6, 6.07) is 5.77. The molecule has 19 heavy (non-hydrogen) atoms. The van der Waals surface area contributed by atoms with E-state index in [0.29, 0.717) is 5.69 Å². The number of ether oxygens (including phenoxy) is 1. The van der Waals surface area contributed by atoms with E-state index in [9.17, 15) is 13.6 Å². The highest BCUT2D eigenvalue weighted by atomic mass is 19.3. The number of anilines is 1. The van der Waals surface area contributed by atoms with Crippen molar-refractivity contribution in [3.8, 4) is 5.75 Å². The quantitative estimate of drug-likeness (QED) is 0.802. The predicted octanol–water partition coefficient (Wildman–Crippen LogP) is 2.60. The average molecular weight is 272 g/mol. The first-order valence-electron chi connectivity index (χ1n) is 6.12. The summed E-state index contributed by atoms with van der Waals surface area (Å²) in [6.45, 7) is -0.592. The Bertz CT molecular complexity index is 396. The molecule has 1 unspecified atom stereocenters. The minimum atomic E-state index is -2.85. The van der Waals surface area contributed by atoms with Crippen LogP contribution in [0.2, 0.25) is 0 Å². The molecular weight excluding hydrogens is 254 g/mol. The van der Waals surface area contributed by atoms with Crippen molar-refractivity contribution in [3.05, 3.63) is 24.3 Å². The average Bonchev–Trinajstić information content (AvgIpc) is 2.37. The molecule has 0 saturated heterocycles. The number of hydrogen-bond donors (Lipinski definition) is 2. The Kier molecular flexibility index (Phi) is 6.21. The molecule has 106 valence electrons. The van der Waals surface area contributed by atoms with Crippen molar-refractivity contribution in [1.29, 1.82) is 0 Å². The third-order valence-electron chi connectivity index (χ3n) is 2.64. The van der Waals surface area contributed by atoms with Crippen LogP contribution in [0, 0.1) is 5.92 Å². The van der Waals surface area contributed by atoms with Gasteiger partial charge in [-0.2, -0.15) is 8.78 Å². The van der Waals surface area contributed by atoms with Gasteiger partial charge in [-0.25, -0.2) is 0 Å². The molecule has 0 radical (unpaired) electrons. The molecule has 6 heteroatoms. The summed E-state index contributed by atoms with van der Waals surface area (Å²) in [5.41, 5.74) is 6.06. The lowest BCUT2D eigenvalue weighted by atomic mass is 10.0. The van der Waals surface area contributed by atoms with Gasteiger partial charge in [0.25, 0.3) is 0 Å². The predicted molar refractivity (Wildman–Crippen MR) is 69.2 cm³/mol. The standard InChI is InChI=1S/C13H18F2N2O2/c1-2-3-9(8-16)12(18)17-10-4-6-11(7-5-10)19-13(14)15/h4-7,9,13H,2-3,8,16H2,1H3,(H,17,18). The topological polar surface area (TPSA) is 64.4 Å². The van der Waals surface area contributed by atoms with Crippen LogP contribution in [-0.2, 0) is 4.79 Å². The Morgan fingerprint density at radius 2 is 2.00 bits per heavy atom. The molecule has 0 heterocycles. The van der Waals surface area contributed by atoms with Gasteiger partial charge in [-0.15, -0.1) is 0 Å². The van der Waals surface area contributed by atoms with Crippen molar-refractivity contribution in [2.45, 2.75) is 26.4 Å². The van der Waals surface area contributed by atoms with E-state index >= 15 is 0 Å². The Labute approximate surface area is 110 Å². The molecule has 0 aromatic heterocycles. The molecule has 1 aromatic carbocycles. The van der Waals surface area contributed by atoms with Crippen LogP contribution < -0.4 is 15.8 Å². The zero-order chi connectivity index (χ0) is 14.3. The molecule has 0 spiro atoms. The first kappa shape index (κ1) is 15.4. The smallest absolute Gasteiger partial charge is 0.387 e. The molecular formula is C13H18F2N2O2. The van der Waals surface area contributed by atoms with Gasteiger partial charge in [-0.05, 0) is 30.7 Å². The van der Waals surface area contributed by atoms with Crippen molar-refractivity contribution in [1.82, 2.24) is 0 Å². The fourth-order valence-corrected chi connectivity index (χ4v) is 1.67. The summed E-state index contributed by atoms with van der Waals surface area (Å²) in [7, 11) is 0. The lowest BCUT2D eigenvalue weighted by Crippen LogP contribution is -2.29. The number of halogens is 2. The molecule has 1 aromatic rings. The molecule has 1 atom stereocenters. The number of alkyl halides is 2. The van der Waals surface area contributed by atoms with Crippen LogP contribution in [0.15, 0.2) is 24.3 Å². The largest absolute Gasteiger partial charge is 0.435 e. The van der Waals surface area contributed by atoms with Gasteiger partial charge in [0.2, 0.25) is 5.91 Å². The maximum absolute atomic E-state index is 12.0. The maximum atomic E-state index is 12.0. The summed E-state index contributed by atoms with van der Waals surface area (Å²) in [4.78, 5) is 11.9. The van der Waals surface area contributed by atoms with E-state index in [1.807, 2.05) is 6.92 Å². The second-order valence-corrected chi connectivity index (χ2v) is 4.11. The van der Waals surface area contributed by atoms with Crippen molar-refractivity contribution in [2.24, 2.45) is 11.7 Å². The van der Waals surface area contributed by atoms with E-state index in [4.69, 9.17) is 5.73 Å². The van der Waals surface area contributed by atoms with E-state index in [2.05, 4.69) is 10.1 Å². The molecule has 0 aliphatic rings. The Morgan fingerprint density at radius 3 is 2.47 bits per heavy atom. The number of nitrogens with two attached hydrogens (primary N) is 1. The summed E-state index contributed by atoms with van der Waals surface area (Å²) < 4.78 is 28.1. The molecule has 0 saturated carbocycles. The van der Waals surface area contributed by atoms with Gasteiger partial charge in [0, 0.05) is 12.2 Å². The van der Waals surface area contributed by atoms with E-state index in [1.165, 1.54) is 24.3 Å². The van der Waals surface area contributed by atoms with Gasteiger partial charge in [-0.1, -0.05) is 13.3 Å². The number of carbonyl (C=O) groups excluding carboxylic acids is 1. The highest BCUT2D eigenvalue weighted by Gasteiger charge is 2.15. The Balaban J connectivity index is 2.59. The van der Waals surface area contributed by atoms with Gasteiger partial charge in [0.15, 0.2) is 0 Å². The molecule has 1 rings (SSSR count). The van der Waals surface area contributed by atoms with Gasteiger partial charge < -0.3 is 15.8 Å². The van der Waals surface area contributed by atoms with Crippen LogP contribution in [0.25, 0.3) is 0 Å². The van der Waals surface area contributed by atoms with E-state index < -0.39 is 6.61 Å². The van der Waals surface area contributed by atoms with Crippen LogP contribution in [0.4, 0.5) is 14.5 Å². The molecule has 0 fully saturated rings. The minimum absolute atomic E-state index is 0.0527. The first-order valence-corrected chi connectivity index (χ1v) is 6.12. The lowest BCUT2D eigenvalue weighted by molar-refractivity contribution is -0.119. The maximum Gasteiger partial charge on any atom is 0.387 e. The van der Waals surface area contributed by atoms with Crippen LogP contribution >= 0.6 is 0 Å². The van der Waals surface area contributed by atoms with Gasteiger partial charge in [0.05, 0.1) is 5.92 Å². The Hall–Kier alpha value is -1.69. The lowest BCUT2D eigenvalue weighted by Gasteiger charge is -2.14. The third-order valence-corrected chi connectivity index (χ3v) is 2.64. The van der Waals surface area contributed by atoms with Gasteiger partial charge in [0.1, 0.15) is 5.75 Å². The SMILES string of the molecule is CCCC(CN)C(=O)Nc1ccc(OC(F)F)cc1. The normalized spacial score (nSPS) is 12.3. The molecule has 0 bridgehead atoms.